The largest absolute Gasteiger partial charge is 0.494 e. The summed E-state index contributed by atoms with van der Waals surface area (Å²) in [7, 11) is 3.43. The monoisotopic (exact) mass is 267 g/mol. The zero-order valence-corrected chi connectivity index (χ0v) is 11.8. The van der Waals surface area contributed by atoms with Crippen molar-refractivity contribution in [2.45, 2.75) is 18.8 Å². The second-order valence-corrected chi connectivity index (χ2v) is 5.16. The first kappa shape index (κ1) is 14.3. The molecular weight excluding hydrogens is 245 g/mol. The minimum absolute atomic E-state index is 0.0646. The Morgan fingerprint density at radius 3 is 2.63 bits per heavy atom. The molecule has 0 saturated carbocycles. The summed E-state index contributed by atoms with van der Waals surface area (Å²) in [6, 6.07) is 5.26. The number of hydrogen-bond acceptors (Lipinski definition) is 3. The molecule has 1 saturated heterocycles. The van der Waals surface area contributed by atoms with Crippen LogP contribution < -0.4 is 10.1 Å². The zero-order valence-electron chi connectivity index (χ0n) is 11.8. The van der Waals surface area contributed by atoms with Crippen molar-refractivity contribution in [1.82, 2.24) is 5.32 Å². The van der Waals surface area contributed by atoms with Gasteiger partial charge in [0.2, 0.25) is 0 Å². The minimum atomic E-state index is -0.300. The van der Waals surface area contributed by atoms with Crippen LogP contribution in [0.2, 0.25) is 0 Å². The third-order valence-corrected chi connectivity index (χ3v) is 4.17. The number of ether oxygens (including phenoxy) is 2. The molecule has 0 spiro atoms. The molecule has 4 heteroatoms. The smallest absolute Gasteiger partial charge is 0.165 e. The fourth-order valence-corrected chi connectivity index (χ4v) is 2.91. The van der Waals surface area contributed by atoms with Crippen LogP contribution in [0.15, 0.2) is 18.2 Å². The standard InChI is InChI=1S/C15H22FNO2/c1-4-11(8-17-2)15(9-19-10-15)12-5-6-14(18-3)13(16)7-12/h5-7,11,17H,4,8-10H2,1-3H3. The van der Waals surface area contributed by atoms with E-state index in [9.17, 15) is 4.39 Å². The predicted octanol–water partition coefficient (Wildman–Crippen LogP) is 2.35. The van der Waals surface area contributed by atoms with Crippen molar-refractivity contribution >= 4 is 0 Å². The molecule has 0 aromatic heterocycles. The Balaban J connectivity index is 2.32. The number of methoxy groups -OCH3 is 1. The lowest BCUT2D eigenvalue weighted by molar-refractivity contribution is -0.0911. The summed E-state index contributed by atoms with van der Waals surface area (Å²) in [5.74, 6) is 0.436. The number of halogens is 1. The van der Waals surface area contributed by atoms with E-state index in [1.54, 1.807) is 12.1 Å². The van der Waals surface area contributed by atoms with E-state index in [4.69, 9.17) is 9.47 Å². The SMILES string of the molecule is CCC(CNC)C1(c2ccc(OC)c(F)c2)COC1. The summed E-state index contributed by atoms with van der Waals surface area (Å²) in [6.45, 7) is 4.41. The van der Waals surface area contributed by atoms with Crippen LogP contribution in [0, 0.1) is 11.7 Å². The molecule has 0 radical (unpaired) electrons. The van der Waals surface area contributed by atoms with Crippen molar-refractivity contribution in [3.05, 3.63) is 29.6 Å². The molecule has 1 aromatic rings. The topological polar surface area (TPSA) is 30.5 Å². The van der Waals surface area contributed by atoms with E-state index < -0.39 is 0 Å². The molecule has 0 amide bonds. The van der Waals surface area contributed by atoms with Crippen molar-refractivity contribution in [2.75, 3.05) is 33.9 Å². The molecule has 0 bridgehead atoms. The molecule has 3 nitrogen and oxygen atoms in total. The van der Waals surface area contributed by atoms with Crippen molar-refractivity contribution in [1.29, 1.82) is 0 Å². The summed E-state index contributed by atoms with van der Waals surface area (Å²) < 4.78 is 24.3. The maximum absolute atomic E-state index is 13.9. The van der Waals surface area contributed by atoms with Crippen molar-refractivity contribution in [3.8, 4) is 5.75 Å². The van der Waals surface area contributed by atoms with Crippen LogP contribution >= 0.6 is 0 Å². The summed E-state index contributed by atoms with van der Waals surface area (Å²) in [5, 5.41) is 3.23. The summed E-state index contributed by atoms with van der Waals surface area (Å²) in [6.07, 6.45) is 1.04. The van der Waals surface area contributed by atoms with Crippen LogP contribution in [-0.4, -0.2) is 33.9 Å². The first-order valence-corrected chi connectivity index (χ1v) is 6.74. The molecule has 1 N–H and O–H groups in total. The highest BCUT2D eigenvalue weighted by atomic mass is 19.1. The normalized spacial score (nSPS) is 18.7. The molecular formula is C15H22FNO2. The molecule has 106 valence electrons. The van der Waals surface area contributed by atoms with Gasteiger partial charge in [0, 0.05) is 5.41 Å². The van der Waals surface area contributed by atoms with E-state index in [-0.39, 0.29) is 11.2 Å². The first-order chi connectivity index (χ1) is 9.17. The summed E-state index contributed by atoms with van der Waals surface area (Å²) in [5.41, 5.74) is 0.948. The Morgan fingerprint density at radius 1 is 1.47 bits per heavy atom. The fourth-order valence-electron chi connectivity index (χ4n) is 2.91. The zero-order chi connectivity index (χ0) is 13.9. The second-order valence-electron chi connectivity index (χ2n) is 5.16. The van der Waals surface area contributed by atoms with E-state index in [2.05, 4.69) is 12.2 Å². The Labute approximate surface area is 114 Å². The highest BCUT2D eigenvalue weighted by molar-refractivity contribution is 5.36. The van der Waals surface area contributed by atoms with E-state index in [1.165, 1.54) is 7.11 Å². The Bertz CT molecular complexity index is 432. The third-order valence-electron chi connectivity index (χ3n) is 4.17. The highest BCUT2D eigenvalue weighted by Gasteiger charge is 2.46. The lowest BCUT2D eigenvalue weighted by atomic mass is 9.67. The van der Waals surface area contributed by atoms with E-state index in [0.29, 0.717) is 24.9 Å². The highest BCUT2D eigenvalue weighted by Crippen LogP contribution is 2.41. The van der Waals surface area contributed by atoms with Crippen LogP contribution in [0.3, 0.4) is 0 Å². The van der Waals surface area contributed by atoms with E-state index in [0.717, 1.165) is 18.5 Å². The van der Waals surface area contributed by atoms with Gasteiger partial charge < -0.3 is 14.8 Å². The molecule has 1 aliphatic rings. The van der Waals surface area contributed by atoms with Crippen LogP contribution in [0.4, 0.5) is 4.39 Å². The molecule has 1 fully saturated rings. The third kappa shape index (κ3) is 2.47. The van der Waals surface area contributed by atoms with E-state index in [1.807, 2.05) is 13.1 Å². The Hall–Kier alpha value is -1.13. The molecule has 1 aliphatic heterocycles. The van der Waals surface area contributed by atoms with Crippen molar-refractivity contribution in [3.63, 3.8) is 0 Å². The lowest BCUT2D eigenvalue weighted by Gasteiger charge is -2.47. The summed E-state index contributed by atoms with van der Waals surface area (Å²) in [4.78, 5) is 0. The maximum Gasteiger partial charge on any atom is 0.165 e. The lowest BCUT2D eigenvalue weighted by Crippen LogP contribution is -2.54. The van der Waals surface area contributed by atoms with Crippen LogP contribution in [0.5, 0.6) is 5.75 Å². The quantitative estimate of drug-likeness (QED) is 0.858. The van der Waals surface area contributed by atoms with Gasteiger partial charge in [0.25, 0.3) is 0 Å². The molecule has 1 aromatic carbocycles. The average Bonchev–Trinajstić information content (AvgIpc) is 2.36. The van der Waals surface area contributed by atoms with Crippen LogP contribution in [0.1, 0.15) is 18.9 Å². The predicted molar refractivity (Wildman–Crippen MR) is 73.2 cm³/mol. The number of rotatable bonds is 6. The van der Waals surface area contributed by atoms with Gasteiger partial charge in [-0.2, -0.15) is 0 Å². The van der Waals surface area contributed by atoms with Crippen molar-refractivity contribution in [2.24, 2.45) is 5.92 Å². The van der Waals surface area contributed by atoms with Gasteiger partial charge in [-0.25, -0.2) is 4.39 Å². The number of nitrogens with one attached hydrogen (secondary N) is 1. The Kier molecular flexibility index (Phi) is 4.42. The minimum Gasteiger partial charge on any atom is -0.494 e. The number of benzene rings is 1. The number of hydrogen-bond donors (Lipinski definition) is 1. The molecule has 1 atom stereocenters. The molecule has 0 aliphatic carbocycles. The van der Waals surface area contributed by atoms with Crippen molar-refractivity contribution < 1.29 is 13.9 Å². The van der Waals surface area contributed by atoms with Gasteiger partial charge in [-0.05, 0) is 37.2 Å². The van der Waals surface area contributed by atoms with Gasteiger partial charge >= 0.3 is 0 Å². The van der Waals surface area contributed by atoms with Gasteiger partial charge in [0.1, 0.15) is 0 Å². The van der Waals surface area contributed by atoms with Crippen LogP contribution in [-0.2, 0) is 10.2 Å². The summed E-state index contributed by atoms with van der Waals surface area (Å²) >= 11 is 0. The maximum atomic E-state index is 13.9. The second kappa shape index (κ2) is 5.88. The van der Waals surface area contributed by atoms with Crippen LogP contribution in [0.25, 0.3) is 0 Å². The molecule has 19 heavy (non-hydrogen) atoms. The molecule has 2 rings (SSSR count). The van der Waals surface area contributed by atoms with Gasteiger partial charge in [-0.3, -0.25) is 0 Å². The van der Waals surface area contributed by atoms with E-state index >= 15 is 0 Å². The average molecular weight is 267 g/mol. The van der Waals surface area contributed by atoms with Gasteiger partial charge in [0.05, 0.1) is 20.3 Å². The fraction of sp³-hybridized carbons (Fsp3) is 0.600. The first-order valence-electron chi connectivity index (χ1n) is 6.74. The Morgan fingerprint density at radius 2 is 2.21 bits per heavy atom. The van der Waals surface area contributed by atoms with Gasteiger partial charge in [-0.15, -0.1) is 0 Å². The molecule has 1 unspecified atom stereocenters. The van der Waals surface area contributed by atoms with Gasteiger partial charge in [0.15, 0.2) is 11.6 Å². The van der Waals surface area contributed by atoms with Gasteiger partial charge in [-0.1, -0.05) is 19.4 Å². The molecule has 1 heterocycles.